The third-order valence-corrected chi connectivity index (χ3v) is 3.85. The van der Waals surface area contributed by atoms with Gasteiger partial charge in [0.05, 0.1) is 12.7 Å². The van der Waals surface area contributed by atoms with Crippen LogP contribution in [-0.4, -0.2) is 42.1 Å². The third kappa shape index (κ3) is 3.65. The normalized spacial score (nSPS) is 15.8. The molecule has 3 N–H and O–H groups in total. The van der Waals surface area contributed by atoms with Crippen LogP contribution in [-0.2, 0) is 4.79 Å². The van der Waals surface area contributed by atoms with Crippen molar-refractivity contribution in [3.05, 3.63) is 23.8 Å². The Hall–Kier alpha value is -2.24. The summed E-state index contributed by atoms with van der Waals surface area (Å²) in [5, 5.41) is 8.80. The predicted octanol–water partition coefficient (Wildman–Crippen LogP) is 1.60. The Labute approximate surface area is 123 Å². The molecule has 1 saturated heterocycles. The summed E-state index contributed by atoms with van der Waals surface area (Å²) in [5.74, 6) is -0.118. The number of piperidine rings is 1. The molecule has 0 saturated carbocycles. The number of benzene rings is 1. The molecule has 1 aromatic carbocycles. The number of methoxy groups -OCH3 is 1. The number of hydrogen-bond acceptors (Lipinski definition) is 4. The van der Waals surface area contributed by atoms with E-state index in [2.05, 4.69) is 0 Å². The first-order valence-corrected chi connectivity index (χ1v) is 6.96. The standard InChI is InChI=1S/C15H20N2O4/c1-21-11-2-3-12(13(16)9-11)15(20)17-6-4-10(5-7-17)8-14(18)19/h2-3,9-10H,4-8,16H2,1H3,(H,18,19). The molecule has 1 heterocycles. The molecule has 114 valence electrons. The van der Waals surface area contributed by atoms with E-state index in [1.807, 2.05) is 0 Å². The van der Waals surface area contributed by atoms with Crippen molar-refractivity contribution in [2.24, 2.45) is 5.92 Å². The Morgan fingerprint density at radius 1 is 1.38 bits per heavy atom. The number of carbonyl (C=O) groups excluding carboxylic acids is 1. The fourth-order valence-corrected chi connectivity index (χ4v) is 2.62. The Bertz CT molecular complexity index is 536. The number of nitrogen functional groups attached to an aromatic ring is 1. The first kappa shape index (κ1) is 15.2. The summed E-state index contributed by atoms with van der Waals surface area (Å²) in [6.45, 7) is 1.14. The van der Waals surface area contributed by atoms with Crippen molar-refractivity contribution in [2.75, 3.05) is 25.9 Å². The zero-order valence-corrected chi connectivity index (χ0v) is 12.0. The van der Waals surface area contributed by atoms with E-state index >= 15 is 0 Å². The maximum Gasteiger partial charge on any atom is 0.303 e. The summed E-state index contributed by atoms with van der Waals surface area (Å²) >= 11 is 0. The number of amides is 1. The number of aliphatic carboxylic acids is 1. The minimum Gasteiger partial charge on any atom is -0.497 e. The van der Waals surface area contributed by atoms with E-state index < -0.39 is 5.97 Å². The van der Waals surface area contributed by atoms with Gasteiger partial charge in [-0.25, -0.2) is 0 Å². The minimum atomic E-state index is -0.779. The minimum absolute atomic E-state index is 0.107. The average molecular weight is 292 g/mol. The second kappa shape index (κ2) is 6.47. The molecule has 0 aliphatic carbocycles. The first-order valence-electron chi connectivity index (χ1n) is 6.96. The molecular formula is C15H20N2O4. The second-order valence-electron chi connectivity index (χ2n) is 5.29. The fraction of sp³-hybridized carbons (Fsp3) is 0.467. The van der Waals surface area contributed by atoms with Crippen molar-refractivity contribution in [2.45, 2.75) is 19.3 Å². The molecule has 1 amide bonds. The van der Waals surface area contributed by atoms with Crippen LogP contribution in [0.4, 0.5) is 5.69 Å². The zero-order chi connectivity index (χ0) is 15.4. The summed E-state index contributed by atoms with van der Waals surface area (Å²) in [6.07, 6.45) is 1.61. The van der Waals surface area contributed by atoms with Crippen LogP contribution in [0.3, 0.4) is 0 Å². The van der Waals surface area contributed by atoms with E-state index in [-0.39, 0.29) is 18.2 Å². The summed E-state index contributed by atoms with van der Waals surface area (Å²) in [6, 6.07) is 5.00. The molecule has 0 spiro atoms. The van der Waals surface area contributed by atoms with Gasteiger partial charge in [0.25, 0.3) is 5.91 Å². The Morgan fingerprint density at radius 3 is 2.57 bits per heavy atom. The smallest absolute Gasteiger partial charge is 0.303 e. The number of ether oxygens (including phenoxy) is 1. The number of carbonyl (C=O) groups is 2. The Morgan fingerprint density at radius 2 is 2.05 bits per heavy atom. The van der Waals surface area contributed by atoms with Gasteiger partial charge in [-0.05, 0) is 30.9 Å². The number of anilines is 1. The lowest BCUT2D eigenvalue weighted by molar-refractivity contribution is -0.138. The number of nitrogens with two attached hydrogens (primary N) is 1. The highest BCUT2D eigenvalue weighted by Crippen LogP contribution is 2.25. The summed E-state index contributed by atoms with van der Waals surface area (Å²) < 4.78 is 5.07. The number of carboxylic acids is 1. The van der Waals surface area contributed by atoms with Crippen LogP contribution in [0.1, 0.15) is 29.6 Å². The van der Waals surface area contributed by atoms with Crippen LogP contribution in [0.5, 0.6) is 5.75 Å². The van der Waals surface area contributed by atoms with Gasteiger partial charge >= 0.3 is 5.97 Å². The molecule has 1 aromatic rings. The predicted molar refractivity (Wildman–Crippen MR) is 78.3 cm³/mol. The molecule has 0 bridgehead atoms. The monoisotopic (exact) mass is 292 g/mol. The van der Waals surface area contributed by atoms with Crippen LogP contribution >= 0.6 is 0 Å². The number of hydrogen-bond donors (Lipinski definition) is 2. The van der Waals surface area contributed by atoms with Crippen molar-refractivity contribution < 1.29 is 19.4 Å². The molecule has 6 heteroatoms. The van der Waals surface area contributed by atoms with Gasteiger partial charge in [-0.2, -0.15) is 0 Å². The topological polar surface area (TPSA) is 92.9 Å². The SMILES string of the molecule is COc1ccc(C(=O)N2CCC(CC(=O)O)CC2)c(N)c1. The molecule has 21 heavy (non-hydrogen) atoms. The van der Waals surface area contributed by atoms with E-state index in [1.165, 1.54) is 0 Å². The van der Waals surface area contributed by atoms with E-state index in [4.69, 9.17) is 15.6 Å². The van der Waals surface area contributed by atoms with Crippen LogP contribution in [0.25, 0.3) is 0 Å². The maximum absolute atomic E-state index is 12.4. The van der Waals surface area contributed by atoms with Gasteiger partial charge in [-0.3, -0.25) is 9.59 Å². The number of nitrogens with zero attached hydrogens (tertiary/aromatic N) is 1. The van der Waals surface area contributed by atoms with Gasteiger partial charge in [-0.1, -0.05) is 0 Å². The number of carboxylic acid groups (broad SMARTS) is 1. The lowest BCUT2D eigenvalue weighted by Gasteiger charge is -2.31. The average Bonchev–Trinajstić information content (AvgIpc) is 2.46. The Balaban J connectivity index is 2.00. The number of likely N-dealkylation sites (tertiary alicyclic amines) is 1. The van der Waals surface area contributed by atoms with Gasteiger partial charge in [0.15, 0.2) is 0 Å². The highest BCUT2D eigenvalue weighted by molar-refractivity contribution is 5.99. The first-order chi connectivity index (χ1) is 10.0. The zero-order valence-electron chi connectivity index (χ0n) is 12.0. The maximum atomic E-state index is 12.4. The lowest BCUT2D eigenvalue weighted by Crippen LogP contribution is -2.39. The highest BCUT2D eigenvalue weighted by Gasteiger charge is 2.25. The van der Waals surface area contributed by atoms with Crippen molar-refractivity contribution in [1.29, 1.82) is 0 Å². The van der Waals surface area contributed by atoms with E-state index in [0.29, 0.717) is 42.9 Å². The molecule has 6 nitrogen and oxygen atoms in total. The second-order valence-corrected chi connectivity index (χ2v) is 5.29. The molecule has 1 aliphatic rings. The fourth-order valence-electron chi connectivity index (χ4n) is 2.62. The molecule has 1 fully saturated rings. The third-order valence-electron chi connectivity index (χ3n) is 3.85. The van der Waals surface area contributed by atoms with Crippen LogP contribution in [0.15, 0.2) is 18.2 Å². The molecule has 0 aromatic heterocycles. The van der Waals surface area contributed by atoms with E-state index in [1.54, 1.807) is 30.2 Å². The van der Waals surface area contributed by atoms with Crippen LogP contribution < -0.4 is 10.5 Å². The van der Waals surface area contributed by atoms with Crippen LogP contribution in [0.2, 0.25) is 0 Å². The van der Waals surface area contributed by atoms with Crippen molar-refractivity contribution in [3.63, 3.8) is 0 Å². The van der Waals surface area contributed by atoms with Gasteiger partial charge in [0.1, 0.15) is 5.75 Å². The molecule has 2 rings (SSSR count). The van der Waals surface area contributed by atoms with Gasteiger partial charge < -0.3 is 20.5 Å². The summed E-state index contributed by atoms with van der Waals surface area (Å²) in [5.41, 5.74) is 6.75. The lowest BCUT2D eigenvalue weighted by atomic mass is 9.93. The summed E-state index contributed by atoms with van der Waals surface area (Å²) in [7, 11) is 1.55. The highest BCUT2D eigenvalue weighted by atomic mass is 16.5. The van der Waals surface area contributed by atoms with Gasteiger partial charge in [0, 0.05) is 31.3 Å². The largest absolute Gasteiger partial charge is 0.497 e. The van der Waals surface area contributed by atoms with E-state index in [0.717, 1.165) is 0 Å². The van der Waals surface area contributed by atoms with Crippen LogP contribution in [0, 0.1) is 5.92 Å². The molecule has 1 aliphatic heterocycles. The molecule has 0 atom stereocenters. The quantitative estimate of drug-likeness (QED) is 0.822. The van der Waals surface area contributed by atoms with Crippen molar-refractivity contribution in [3.8, 4) is 5.75 Å². The number of rotatable bonds is 4. The van der Waals surface area contributed by atoms with Crippen molar-refractivity contribution in [1.82, 2.24) is 4.90 Å². The molecular weight excluding hydrogens is 272 g/mol. The van der Waals surface area contributed by atoms with E-state index in [9.17, 15) is 9.59 Å². The van der Waals surface area contributed by atoms with Crippen molar-refractivity contribution >= 4 is 17.6 Å². The Kier molecular flexibility index (Phi) is 4.67. The molecule has 0 unspecified atom stereocenters. The van der Waals surface area contributed by atoms with Gasteiger partial charge in [0.2, 0.25) is 0 Å². The molecule has 0 radical (unpaired) electrons. The van der Waals surface area contributed by atoms with Gasteiger partial charge in [-0.15, -0.1) is 0 Å². The summed E-state index contributed by atoms with van der Waals surface area (Å²) in [4.78, 5) is 24.9.